The van der Waals surface area contributed by atoms with Gasteiger partial charge in [0, 0.05) is 6.04 Å². The van der Waals surface area contributed by atoms with Crippen molar-refractivity contribution in [2.45, 2.75) is 39.2 Å². The summed E-state index contributed by atoms with van der Waals surface area (Å²) in [7, 11) is 0. The highest BCUT2D eigenvalue weighted by atomic mass is 19.2. The third kappa shape index (κ3) is 3.73. The van der Waals surface area contributed by atoms with E-state index in [4.69, 9.17) is 0 Å². The summed E-state index contributed by atoms with van der Waals surface area (Å²) in [4.78, 5) is 0. The molecule has 0 aromatic heterocycles. The smallest absolute Gasteiger partial charge is 0.194 e. The standard InChI is InChI=1S/C13H18F3N/c1-8(2)17-7-6-9(3)10-4-5-11(14)13(16)12(10)15/h4-5,8-9,17H,6-7H2,1-3H3. The van der Waals surface area contributed by atoms with Crippen LogP contribution in [0.25, 0.3) is 0 Å². The molecular weight excluding hydrogens is 227 g/mol. The van der Waals surface area contributed by atoms with Crippen molar-refractivity contribution < 1.29 is 13.2 Å². The van der Waals surface area contributed by atoms with Crippen molar-refractivity contribution >= 4 is 0 Å². The Balaban J connectivity index is 2.69. The van der Waals surface area contributed by atoms with Gasteiger partial charge < -0.3 is 5.32 Å². The molecule has 0 aliphatic rings. The minimum Gasteiger partial charge on any atom is -0.315 e. The lowest BCUT2D eigenvalue weighted by atomic mass is 9.97. The van der Waals surface area contributed by atoms with Crippen LogP contribution in [0.5, 0.6) is 0 Å². The summed E-state index contributed by atoms with van der Waals surface area (Å²) < 4.78 is 39.3. The van der Waals surface area contributed by atoms with E-state index in [-0.39, 0.29) is 11.5 Å². The van der Waals surface area contributed by atoms with Crippen LogP contribution in [0.1, 0.15) is 38.7 Å². The van der Waals surface area contributed by atoms with Gasteiger partial charge in [-0.3, -0.25) is 0 Å². The van der Waals surface area contributed by atoms with Crippen molar-refractivity contribution in [3.05, 3.63) is 35.1 Å². The SMILES string of the molecule is CC(C)NCCC(C)c1ccc(F)c(F)c1F. The lowest BCUT2D eigenvalue weighted by Crippen LogP contribution is -2.24. The summed E-state index contributed by atoms with van der Waals surface area (Å²) in [5.41, 5.74) is 0.231. The molecule has 0 radical (unpaired) electrons. The first-order valence-electron chi connectivity index (χ1n) is 5.80. The zero-order chi connectivity index (χ0) is 13.0. The molecule has 1 rings (SSSR count). The van der Waals surface area contributed by atoms with Crippen molar-refractivity contribution in [3.63, 3.8) is 0 Å². The molecule has 1 nitrogen and oxygen atoms in total. The van der Waals surface area contributed by atoms with E-state index >= 15 is 0 Å². The minimum absolute atomic E-state index is 0.142. The fourth-order valence-electron chi connectivity index (χ4n) is 1.67. The Morgan fingerprint density at radius 1 is 1.06 bits per heavy atom. The average Bonchev–Trinajstić information content (AvgIpc) is 2.25. The maximum Gasteiger partial charge on any atom is 0.194 e. The van der Waals surface area contributed by atoms with Crippen LogP contribution in [0.2, 0.25) is 0 Å². The first kappa shape index (κ1) is 14.0. The maximum atomic E-state index is 13.5. The predicted octanol–water partition coefficient (Wildman–Crippen LogP) is 3.60. The summed E-state index contributed by atoms with van der Waals surface area (Å²) >= 11 is 0. The molecule has 0 heterocycles. The molecule has 4 heteroatoms. The molecular formula is C13H18F3N. The summed E-state index contributed by atoms with van der Waals surface area (Å²) in [6.45, 7) is 6.56. The normalized spacial score (nSPS) is 13.1. The summed E-state index contributed by atoms with van der Waals surface area (Å²) in [6, 6.07) is 2.64. The van der Waals surface area contributed by atoms with Crippen molar-refractivity contribution in [1.29, 1.82) is 0 Å². The van der Waals surface area contributed by atoms with Gasteiger partial charge in [-0.25, -0.2) is 13.2 Å². The van der Waals surface area contributed by atoms with Crippen molar-refractivity contribution in [1.82, 2.24) is 5.32 Å². The fourth-order valence-corrected chi connectivity index (χ4v) is 1.67. The molecule has 1 aromatic carbocycles. The van der Waals surface area contributed by atoms with E-state index in [1.165, 1.54) is 6.07 Å². The number of nitrogens with one attached hydrogen (secondary N) is 1. The third-order valence-electron chi connectivity index (χ3n) is 2.73. The Morgan fingerprint density at radius 2 is 1.71 bits per heavy atom. The second-order valence-electron chi connectivity index (χ2n) is 4.56. The van der Waals surface area contributed by atoms with Crippen molar-refractivity contribution in [2.24, 2.45) is 0 Å². The average molecular weight is 245 g/mol. The lowest BCUT2D eigenvalue weighted by Gasteiger charge is -2.15. The van der Waals surface area contributed by atoms with Crippen LogP contribution in [-0.4, -0.2) is 12.6 Å². The van der Waals surface area contributed by atoms with E-state index in [0.29, 0.717) is 12.5 Å². The van der Waals surface area contributed by atoms with Crippen LogP contribution < -0.4 is 5.32 Å². The molecule has 96 valence electrons. The van der Waals surface area contributed by atoms with Crippen LogP contribution in [0.4, 0.5) is 13.2 Å². The molecule has 0 spiro atoms. The first-order valence-corrected chi connectivity index (χ1v) is 5.80. The molecule has 0 aliphatic heterocycles. The van der Waals surface area contributed by atoms with Gasteiger partial charge in [0.2, 0.25) is 0 Å². The van der Waals surface area contributed by atoms with E-state index in [2.05, 4.69) is 5.32 Å². The Bertz CT molecular complexity index is 377. The van der Waals surface area contributed by atoms with Gasteiger partial charge in [0.05, 0.1) is 0 Å². The molecule has 0 amide bonds. The molecule has 0 fully saturated rings. The molecule has 0 saturated carbocycles. The molecule has 0 bridgehead atoms. The molecule has 0 saturated heterocycles. The van der Waals surface area contributed by atoms with E-state index in [1.54, 1.807) is 6.92 Å². The highest BCUT2D eigenvalue weighted by Crippen LogP contribution is 2.24. The number of benzene rings is 1. The summed E-state index contributed by atoms with van der Waals surface area (Å²) in [5, 5.41) is 3.20. The number of rotatable bonds is 5. The summed E-state index contributed by atoms with van der Waals surface area (Å²) in [5.74, 6) is -3.73. The number of halogens is 3. The predicted molar refractivity (Wildman–Crippen MR) is 62.5 cm³/mol. The van der Waals surface area contributed by atoms with E-state index in [1.807, 2.05) is 13.8 Å². The Hall–Kier alpha value is -1.03. The Kier molecular flexibility index (Phi) is 5.00. The van der Waals surface area contributed by atoms with Gasteiger partial charge in [-0.1, -0.05) is 26.8 Å². The second-order valence-corrected chi connectivity index (χ2v) is 4.56. The van der Waals surface area contributed by atoms with Crippen LogP contribution in [0.15, 0.2) is 12.1 Å². The number of hydrogen-bond donors (Lipinski definition) is 1. The van der Waals surface area contributed by atoms with Gasteiger partial charge in [0.1, 0.15) is 0 Å². The third-order valence-corrected chi connectivity index (χ3v) is 2.73. The van der Waals surface area contributed by atoms with E-state index in [0.717, 1.165) is 12.6 Å². The van der Waals surface area contributed by atoms with Crippen LogP contribution in [0, 0.1) is 17.5 Å². The fraction of sp³-hybridized carbons (Fsp3) is 0.538. The van der Waals surface area contributed by atoms with Gasteiger partial charge in [0.15, 0.2) is 17.5 Å². The van der Waals surface area contributed by atoms with Crippen LogP contribution in [-0.2, 0) is 0 Å². The van der Waals surface area contributed by atoms with Crippen LogP contribution in [0.3, 0.4) is 0 Å². The topological polar surface area (TPSA) is 12.0 Å². The molecule has 1 atom stereocenters. The van der Waals surface area contributed by atoms with Gasteiger partial charge in [-0.2, -0.15) is 0 Å². The molecule has 0 aliphatic carbocycles. The Labute approximate surface area is 100 Å². The minimum atomic E-state index is -1.38. The van der Waals surface area contributed by atoms with E-state index < -0.39 is 17.5 Å². The van der Waals surface area contributed by atoms with Crippen molar-refractivity contribution in [3.8, 4) is 0 Å². The molecule has 1 N–H and O–H groups in total. The highest BCUT2D eigenvalue weighted by molar-refractivity contribution is 5.23. The van der Waals surface area contributed by atoms with E-state index in [9.17, 15) is 13.2 Å². The Morgan fingerprint density at radius 3 is 2.29 bits per heavy atom. The zero-order valence-electron chi connectivity index (χ0n) is 10.4. The number of hydrogen-bond acceptors (Lipinski definition) is 1. The van der Waals surface area contributed by atoms with Gasteiger partial charge in [0.25, 0.3) is 0 Å². The van der Waals surface area contributed by atoms with Gasteiger partial charge >= 0.3 is 0 Å². The lowest BCUT2D eigenvalue weighted by molar-refractivity contribution is 0.432. The maximum absolute atomic E-state index is 13.5. The zero-order valence-corrected chi connectivity index (χ0v) is 10.4. The van der Waals surface area contributed by atoms with Gasteiger partial charge in [-0.15, -0.1) is 0 Å². The monoisotopic (exact) mass is 245 g/mol. The molecule has 1 unspecified atom stereocenters. The highest BCUT2D eigenvalue weighted by Gasteiger charge is 2.17. The first-order chi connectivity index (χ1) is 7.93. The quantitative estimate of drug-likeness (QED) is 0.782. The van der Waals surface area contributed by atoms with Crippen molar-refractivity contribution in [2.75, 3.05) is 6.54 Å². The molecule has 1 aromatic rings. The summed E-state index contributed by atoms with van der Waals surface area (Å²) in [6.07, 6.45) is 0.681. The van der Waals surface area contributed by atoms with Gasteiger partial charge in [-0.05, 0) is 30.5 Å². The second kappa shape index (κ2) is 6.05. The van der Waals surface area contributed by atoms with Crippen LogP contribution >= 0.6 is 0 Å². The molecule has 17 heavy (non-hydrogen) atoms. The largest absolute Gasteiger partial charge is 0.315 e.